The van der Waals surface area contributed by atoms with Crippen LogP contribution in [0, 0.1) is 0 Å². The molecule has 0 saturated carbocycles. The van der Waals surface area contributed by atoms with Gasteiger partial charge in [0.2, 0.25) is 0 Å². The van der Waals surface area contributed by atoms with Crippen molar-refractivity contribution in [1.82, 2.24) is 0 Å². The fourth-order valence-electron chi connectivity index (χ4n) is 1.81. The zero-order chi connectivity index (χ0) is 13.5. The third kappa shape index (κ3) is 4.18. The fraction of sp³-hybridized carbons (Fsp3) is 0.250. The summed E-state index contributed by atoms with van der Waals surface area (Å²) in [6, 6.07) is 15.9. The number of hydrogen-bond acceptors (Lipinski definition) is 2. The lowest BCUT2D eigenvalue weighted by Gasteiger charge is -2.10. The predicted octanol–water partition coefficient (Wildman–Crippen LogP) is 4.39. The van der Waals surface area contributed by atoms with Gasteiger partial charge in [0.1, 0.15) is 12.4 Å². The van der Waals surface area contributed by atoms with Crippen LogP contribution in [-0.2, 0) is 6.42 Å². The van der Waals surface area contributed by atoms with Gasteiger partial charge in [-0.25, -0.2) is 0 Å². The van der Waals surface area contributed by atoms with Crippen molar-refractivity contribution in [2.24, 2.45) is 0 Å². The second-order valence-electron chi connectivity index (χ2n) is 4.26. The van der Waals surface area contributed by atoms with E-state index in [1.807, 2.05) is 36.4 Å². The topological polar surface area (TPSA) is 21.3 Å². The van der Waals surface area contributed by atoms with E-state index in [1.165, 1.54) is 5.56 Å². The molecule has 0 radical (unpaired) electrons. The van der Waals surface area contributed by atoms with Crippen LogP contribution in [0.4, 0.5) is 5.69 Å². The molecule has 0 aliphatic carbocycles. The van der Waals surface area contributed by atoms with Gasteiger partial charge in [-0.3, -0.25) is 0 Å². The van der Waals surface area contributed by atoms with E-state index >= 15 is 0 Å². The molecule has 0 aliphatic rings. The summed E-state index contributed by atoms with van der Waals surface area (Å²) in [5, 5.41) is 3.99. The number of aryl methyl sites for hydroxylation is 1. The van der Waals surface area contributed by atoms with Crippen LogP contribution in [-0.4, -0.2) is 13.2 Å². The van der Waals surface area contributed by atoms with E-state index in [9.17, 15) is 0 Å². The van der Waals surface area contributed by atoms with Gasteiger partial charge in [-0.15, -0.1) is 0 Å². The molecule has 0 unspecified atom stereocenters. The highest BCUT2D eigenvalue weighted by molar-refractivity contribution is 6.33. The first-order valence-corrected chi connectivity index (χ1v) is 6.87. The maximum atomic E-state index is 6.06. The first-order chi connectivity index (χ1) is 9.29. The van der Waals surface area contributed by atoms with Gasteiger partial charge in [0.25, 0.3) is 0 Å². The molecule has 2 aromatic rings. The van der Waals surface area contributed by atoms with Crippen LogP contribution in [0.5, 0.6) is 5.75 Å². The van der Waals surface area contributed by atoms with E-state index in [-0.39, 0.29) is 0 Å². The lowest BCUT2D eigenvalue weighted by molar-refractivity contribution is 0.332. The minimum atomic E-state index is 0.610. The molecule has 100 valence electrons. The highest BCUT2D eigenvalue weighted by atomic mass is 35.5. The molecule has 19 heavy (non-hydrogen) atoms. The van der Waals surface area contributed by atoms with Crippen molar-refractivity contribution in [3.8, 4) is 5.75 Å². The van der Waals surface area contributed by atoms with Crippen LogP contribution in [0.3, 0.4) is 0 Å². The molecule has 0 aromatic heterocycles. The highest BCUT2D eigenvalue weighted by Crippen LogP contribution is 2.20. The van der Waals surface area contributed by atoms with E-state index < -0.39 is 0 Å². The van der Waals surface area contributed by atoms with Gasteiger partial charge in [-0.1, -0.05) is 42.8 Å². The summed E-state index contributed by atoms with van der Waals surface area (Å²) in [5.74, 6) is 0.917. The zero-order valence-corrected chi connectivity index (χ0v) is 11.8. The van der Waals surface area contributed by atoms with Crippen LogP contribution in [0.25, 0.3) is 0 Å². The lowest BCUT2D eigenvalue weighted by atomic mass is 10.2. The van der Waals surface area contributed by atoms with E-state index in [0.29, 0.717) is 6.61 Å². The molecular formula is C16H18ClNO. The Morgan fingerprint density at radius 3 is 2.74 bits per heavy atom. The Morgan fingerprint density at radius 2 is 1.95 bits per heavy atom. The summed E-state index contributed by atoms with van der Waals surface area (Å²) >= 11 is 6.06. The van der Waals surface area contributed by atoms with Crippen molar-refractivity contribution in [3.63, 3.8) is 0 Å². The van der Waals surface area contributed by atoms with Crippen LogP contribution in [0.1, 0.15) is 12.5 Å². The molecule has 0 fully saturated rings. The SMILES string of the molecule is CCc1cccc(OCCNc2ccccc2Cl)c1. The Labute approximate surface area is 119 Å². The zero-order valence-electron chi connectivity index (χ0n) is 11.0. The van der Waals surface area contributed by atoms with Crippen molar-refractivity contribution < 1.29 is 4.74 Å². The summed E-state index contributed by atoms with van der Waals surface area (Å²) in [5.41, 5.74) is 2.23. The Hall–Kier alpha value is -1.67. The molecule has 1 N–H and O–H groups in total. The van der Waals surface area contributed by atoms with Crippen LogP contribution < -0.4 is 10.1 Å². The summed E-state index contributed by atoms with van der Waals surface area (Å²) in [6.45, 7) is 3.47. The van der Waals surface area contributed by atoms with Crippen molar-refractivity contribution >= 4 is 17.3 Å². The molecule has 0 saturated heterocycles. The smallest absolute Gasteiger partial charge is 0.119 e. The average molecular weight is 276 g/mol. The maximum absolute atomic E-state index is 6.06. The van der Waals surface area contributed by atoms with Gasteiger partial charge in [0.15, 0.2) is 0 Å². The Bertz CT molecular complexity index is 528. The van der Waals surface area contributed by atoms with Crippen LogP contribution in [0.15, 0.2) is 48.5 Å². The summed E-state index contributed by atoms with van der Waals surface area (Å²) in [6.07, 6.45) is 1.02. The van der Waals surface area contributed by atoms with Crippen molar-refractivity contribution in [2.45, 2.75) is 13.3 Å². The maximum Gasteiger partial charge on any atom is 0.119 e. The molecule has 2 rings (SSSR count). The number of halogens is 1. The molecule has 2 nitrogen and oxygen atoms in total. The first-order valence-electron chi connectivity index (χ1n) is 6.49. The van der Waals surface area contributed by atoms with Gasteiger partial charge in [0.05, 0.1) is 10.7 Å². The second-order valence-corrected chi connectivity index (χ2v) is 4.66. The fourth-order valence-corrected chi connectivity index (χ4v) is 2.02. The molecule has 3 heteroatoms. The highest BCUT2D eigenvalue weighted by Gasteiger charge is 1.98. The van der Waals surface area contributed by atoms with E-state index in [1.54, 1.807) is 0 Å². The normalized spacial score (nSPS) is 10.2. The number of anilines is 1. The number of rotatable bonds is 6. The molecule has 0 amide bonds. The van der Waals surface area contributed by atoms with Gasteiger partial charge >= 0.3 is 0 Å². The second kappa shape index (κ2) is 7.05. The number of benzene rings is 2. The third-order valence-electron chi connectivity index (χ3n) is 2.87. The van der Waals surface area contributed by atoms with E-state index in [2.05, 4.69) is 24.4 Å². The van der Waals surface area contributed by atoms with E-state index in [0.717, 1.165) is 29.4 Å². The predicted molar refractivity (Wildman–Crippen MR) is 81.3 cm³/mol. The van der Waals surface area contributed by atoms with Gasteiger partial charge in [-0.2, -0.15) is 0 Å². The minimum absolute atomic E-state index is 0.610. The molecule has 2 aromatic carbocycles. The number of hydrogen-bond donors (Lipinski definition) is 1. The monoisotopic (exact) mass is 275 g/mol. The first kappa shape index (κ1) is 13.8. The summed E-state index contributed by atoms with van der Waals surface area (Å²) < 4.78 is 5.70. The Kier molecular flexibility index (Phi) is 5.10. The third-order valence-corrected chi connectivity index (χ3v) is 3.20. The van der Waals surface area contributed by atoms with Gasteiger partial charge in [-0.05, 0) is 36.2 Å². The number of nitrogens with one attached hydrogen (secondary N) is 1. The molecule has 0 bridgehead atoms. The molecule has 0 spiro atoms. The average Bonchev–Trinajstić information content (AvgIpc) is 2.45. The molecular weight excluding hydrogens is 258 g/mol. The molecule has 0 atom stereocenters. The number of para-hydroxylation sites is 1. The summed E-state index contributed by atoms with van der Waals surface area (Å²) in [7, 11) is 0. The van der Waals surface area contributed by atoms with Crippen molar-refractivity contribution in [2.75, 3.05) is 18.5 Å². The molecule has 0 aliphatic heterocycles. The van der Waals surface area contributed by atoms with Gasteiger partial charge in [0, 0.05) is 6.54 Å². The van der Waals surface area contributed by atoms with Gasteiger partial charge < -0.3 is 10.1 Å². The summed E-state index contributed by atoms with van der Waals surface area (Å²) in [4.78, 5) is 0. The van der Waals surface area contributed by atoms with Crippen molar-refractivity contribution in [1.29, 1.82) is 0 Å². The Balaban J connectivity index is 1.79. The molecule has 0 heterocycles. The lowest BCUT2D eigenvalue weighted by Crippen LogP contribution is -2.11. The van der Waals surface area contributed by atoms with Crippen LogP contribution in [0.2, 0.25) is 5.02 Å². The largest absolute Gasteiger partial charge is 0.492 e. The minimum Gasteiger partial charge on any atom is -0.492 e. The number of ether oxygens (including phenoxy) is 1. The Morgan fingerprint density at radius 1 is 1.11 bits per heavy atom. The van der Waals surface area contributed by atoms with Crippen LogP contribution >= 0.6 is 11.6 Å². The quantitative estimate of drug-likeness (QED) is 0.789. The van der Waals surface area contributed by atoms with Crippen molar-refractivity contribution in [3.05, 3.63) is 59.1 Å². The van der Waals surface area contributed by atoms with E-state index in [4.69, 9.17) is 16.3 Å². The standard InChI is InChI=1S/C16H18ClNO/c1-2-13-6-5-7-14(12-13)19-11-10-18-16-9-4-3-8-15(16)17/h3-9,12,18H,2,10-11H2,1H3.